The van der Waals surface area contributed by atoms with Gasteiger partial charge in [-0.2, -0.15) is 0 Å². The van der Waals surface area contributed by atoms with E-state index in [1.807, 2.05) is 6.21 Å². The molecule has 38 heavy (non-hydrogen) atoms. The van der Waals surface area contributed by atoms with Crippen LogP contribution >= 0.6 is 0 Å². The zero-order valence-corrected chi connectivity index (χ0v) is 24.6. The first-order valence-electron chi connectivity index (χ1n) is 15.5. The van der Waals surface area contributed by atoms with Crippen molar-refractivity contribution in [2.45, 2.75) is 117 Å². The highest BCUT2D eigenvalue weighted by Crippen LogP contribution is 2.21. The van der Waals surface area contributed by atoms with Crippen LogP contribution in [0.3, 0.4) is 0 Å². The molecule has 0 fully saturated rings. The SMILES string of the molecule is CCCCCCCCNc1cccc(N=CC(CCCC)=Nc2cccc(NCCCCCCCC)c2)c1. The Morgan fingerprint density at radius 3 is 1.68 bits per heavy atom. The number of anilines is 2. The van der Waals surface area contributed by atoms with Crippen molar-refractivity contribution in [3.8, 4) is 0 Å². The lowest BCUT2D eigenvalue weighted by Crippen LogP contribution is -2.02. The third kappa shape index (κ3) is 15.0. The molecule has 4 nitrogen and oxygen atoms in total. The van der Waals surface area contributed by atoms with E-state index >= 15 is 0 Å². The van der Waals surface area contributed by atoms with Gasteiger partial charge in [-0.25, -0.2) is 0 Å². The first-order valence-corrected chi connectivity index (χ1v) is 15.5. The first kappa shape index (κ1) is 31.6. The van der Waals surface area contributed by atoms with Gasteiger partial charge >= 0.3 is 0 Å². The van der Waals surface area contributed by atoms with Crippen molar-refractivity contribution in [2.24, 2.45) is 9.98 Å². The van der Waals surface area contributed by atoms with Crippen LogP contribution < -0.4 is 10.6 Å². The van der Waals surface area contributed by atoms with Gasteiger partial charge in [0.2, 0.25) is 0 Å². The summed E-state index contributed by atoms with van der Waals surface area (Å²) in [5, 5.41) is 7.15. The van der Waals surface area contributed by atoms with Gasteiger partial charge in [0.05, 0.1) is 17.1 Å². The van der Waals surface area contributed by atoms with Crippen molar-refractivity contribution in [1.29, 1.82) is 0 Å². The monoisotopic (exact) mass is 518 g/mol. The highest BCUT2D eigenvalue weighted by Gasteiger charge is 2.01. The summed E-state index contributed by atoms with van der Waals surface area (Å²) >= 11 is 0. The highest BCUT2D eigenvalue weighted by molar-refractivity contribution is 6.31. The summed E-state index contributed by atoms with van der Waals surface area (Å²) in [7, 11) is 0. The molecule has 2 aromatic rings. The summed E-state index contributed by atoms with van der Waals surface area (Å²) in [6.07, 6.45) is 20.9. The van der Waals surface area contributed by atoms with E-state index in [0.717, 1.165) is 60.8 Å². The smallest absolute Gasteiger partial charge is 0.0654 e. The van der Waals surface area contributed by atoms with Crippen LogP contribution in [0.2, 0.25) is 0 Å². The van der Waals surface area contributed by atoms with Crippen LogP contribution in [0.15, 0.2) is 58.5 Å². The van der Waals surface area contributed by atoms with Gasteiger partial charge in [-0.3, -0.25) is 9.98 Å². The van der Waals surface area contributed by atoms with Crippen molar-refractivity contribution >= 4 is 34.7 Å². The fraction of sp³-hybridized carbons (Fsp3) is 0.588. The minimum Gasteiger partial charge on any atom is -0.385 e. The zero-order chi connectivity index (χ0) is 27.1. The molecule has 2 N–H and O–H groups in total. The number of nitrogens with zero attached hydrogens (tertiary/aromatic N) is 2. The van der Waals surface area contributed by atoms with Gasteiger partial charge in [0.15, 0.2) is 0 Å². The second kappa shape index (κ2) is 21.3. The molecule has 2 aromatic carbocycles. The molecule has 0 heterocycles. The van der Waals surface area contributed by atoms with E-state index in [2.05, 4.69) is 79.9 Å². The fourth-order valence-corrected chi connectivity index (χ4v) is 4.48. The molecule has 0 aliphatic heterocycles. The maximum Gasteiger partial charge on any atom is 0.0654 e. The molecule has 2 rings (SSSR count). The topological polar surface area (TPSA) is 48.8 Å². The van der Waals surface area contributed by atoms with Crippen molar-refractivity contribution in [1.82, 2.24) is 0 Å². The summed E-state index contributed by atoms with van der Waals surface area (Å²) < 4.78 is 0. The molecule has 0 atom stereocenters. The van der Waals surface area contributed by atoms with Crippen LogP contribution in [0.25, 0.3) is 0 Å². The number of aliphatic imine (C=N–C) groups is 2. The molecular formula is C34H54N4. The van der Waals surface area contributed by atoms with Crippen molar-refractivity contribution in [3.63, 3.8) is 0 Å². The van der Waals surface area contributed by atoms with E-state index in [4.69, 9.17) is 9.98 Å². The summed E-state index contributed by atoms with van der Waals surface area (Å²) in [6, 6.07) is 16.9. The summed E-state index contributed by atoms with van der Waals surface area (Å²) in [6.45, 7) is 8.80. The lowest BCUT2D eigenvalue weighted by atomic mass is 10.1. The van der Waals surface area contributed by atoms with Crippen LogP contribution in [0.5, 0.6) is 0 Å². The second-order valence-corrected chi connectivity index (χ2v) is 10.5. The maximum absolute atomic E-state index is 4.98. The Bertz CT molecular complexity index is 918. The van der Waals surface area contributed by atoms with E-state index in [1.165, 1.54) is 77.0 Å². The minimum atomic E-state index is 0.936. The lowest BCUT2D eigenvalue weighted by Gasteiger charge is -2.08. The molecule has 0 aliphatic rings. The Labute approximate surface area is 233 Å². The molecule has 0 amide bonds. The van der Waals surface area contributed by atoms with Gasteiger partial charge in [0, 0.05) is 30.7 Å². The molecule has 0 saturated heterocycles. The molecule has 0 unspecified atom stereocenters. The van der Waals surface area contributed by atoms with Gasteiger partial charge in [-0.15, -0.1) is 0 Å². The lowest BCUT2D eigenvalue weighted by molar-refractivity contribution is 0.617. The van der Waals surface area contributed by atoms with E-state index in [9.17, 15) is 0 Å². The van der Waals surface area contributed by atoms with Gasteiger partial charge in [-0.1, -0.05) is 104 Å². The van der Waals surface area contributed by atoms with E-state index in [1.54, 1.807) is 0 Å². The first-order chi connectivity index (χ1) is 18.7. The zero-order valence-electron chi connectivity index (χ0n) is 24.6. The third-order valence-electron chi connectivity index (χ3n) is 6.83. The number of benzene rings is 2. The average molecular weight is 519 g/mol. The van der Waals surface area contributed by atoms with Crippen LogP contribution in [0.1, 0.15) is 117 Å². The van der Waals surface area contributed by atoms with E-state index in [0.29, 0.717) is 0 Å². The largest absolute Gasteiger partial charge is 0.385 e. The Morgan fingerprint density at radius 1 is 0.605 bits per heavy atom. The number of rotatable bonds is 22. The number of nitrogens with one attached hydrogen (secondary N) is 2. The van der Waals surface area contributed by atoms with Crippen LogP contribution in [0, 0.1) is 0 Å². The fourth-order valence-electron chi connectivity index (χ4n) is 4.48. The summed E-state index contributed by atoms with van der Waals surface area (Å²) in [5.74, 6) is 0. The summed E-state index contributed by atoms with van der Waals surface area (Å²) in [4.78, 5) is 9.77. The average Bonchev–Trinajstić information content (AvgIpc) is 2.94. The molecule has 0 aliphatic carbocycles. The molecule has 0 spiro atoms. The van der Waals surface area contributed by atoms with Gasteiger partial charge in [0.25, 0.3) is 0 Å². The Balaban J connectivity index is 1.91. The normalized spacial score (nSPS) is 11.8. The maximum atomic E-state index is 4.98. The van der Waals surface area contributed by atoms with Crippen molar-refractivity contribution < 1.29 is 0 Å². The molecule has 0 aromatic heterocycles. The minimum absolute atomic E-state index is 0.936. The van der Waals surface area contributed by atoms with Gasteiger partial charge < -0.3 is 10.6 Å². The quantitative estimate of drug-likeness (QED) is 0.120. The molecule has 210 valence electrons. The van der Waals surface area contributed by atoms with E-state index < -0.39 is 0 Å². The standard InChI is InChI=1S/C34H54N4/c1-4-7-10-12-14-16-25-35-30-21-18-23-32(27-30)37-29-34(20-9-6-3)38-33-24-19-22-31(28-33)36-26-17-15-13-11-8-5-2/h18-19,21-24,27-29,35-36H,4-17,20,25-26H2,1-3H3. The van der Waals surface area contributed by atoms with Crippen molar-refractivity contribution in [3.05, 3.63) is 48.5 Å². The van der Waals surface area contributed by atoms with Gasteiger partial charge in [-0.05, 0) is 62.1 Å². The number of hydrogen-bond donors (Lipinski definition) is 2. The second-order valence-electron chi connectivity index (χ2n) is 10.5. The Morgan fingerprint density at radius 2 is 1.11 bits per heavy atom. The Kier molecular flexibility index (Phi) is 17.7. The molecule has 0 radical (unpaired) electrons. The van der Waals surface area contributed by atoms with Crippen LogP contribution in [-0.4, -0.2) is 25.0 Å². The molecule has 0 bridgehead atoms. The van der Waals surface area contributed by atoms with Crippen molar-refractivity contribution in [2.75, 3.05) is 23.7 Å². The Hall–Kier alpha value is -2.62. The van der Waals surface area contributed by atoms with E-state index in [-0.39, 0.29) is 0 Å². The molecule has 4 heteroatoms. The predicted molar refractivity (Wildman–Crippen MR) is 171 cm³/mol. The highest BCUT2D eigenvalue weighted by atomic mass is 14.9. The van der Waals surface area contributed by atoms with Crippen LogP contribution in [0.4, 0.5) is 22.7 Å². The number of unbranched alkanes of at least 4 members (excludes halogenated alkanes) is 11. The molecule has 0 saturated carbocycles. The summed E-state index contributed by atoms with van der Waals surface area (Å²) in [5.41, 5.74) is 5.28. The number of hydrogen-bond acceptors (Lipinski definition) is 4. The van der Waals surface area contributed by atoms with Crippen LogP contribution in [-0.2, 0) is 0 Å². The predicted octanol–water partition coefficient (Wildman–Crippen LogP) is 10.9. The van der Waals surface area contributed by atoms with Gasteiger partial charge in [0.1, 0.15) is 0 Å². The molecular weight excluding hydrogens is 464 g/mol. The third-order valence-corrected chi connectivity index (χ3v) is 6.83.